The van der Waals surface area contributed by atoms with E-state index in [9.17, 15) is 0 Å². The van der Waals surface area contributed by atoms with Gasteiger partial charge in [0, 0.05) is 38.2 Å². The lowest BCUT2D eigenvalue weighted by Gasteiger charge is -2.26. The van der Waals surface area contributed by atoms with E-state index in [1.54, 1.807) is 19.2 Å². The van der Waals surface area contributed by atoms with Gasteiger partial charge in [-0.2, -0.15) is 0 Å². The minimum absolute atomic E-state index is 0. The zero-order valence-electron chi connectivity index (χ0n) is 14.6. The molecule has 0 aromatic heterocycles. The third-order valence-corrected chi connectivity index (χ3v) is 4.43. The molecule has 0 spiro atoms. The van der Waals surface area contributed by atoms with E-state index in [2.05, 4.69) is 20.5 Å². The molecule has 2 rings (SSSR count). The van der Waals surface area contributed by atoms with Gasteiger partial charge < -0.3 is 20.1 Å². The number of ether oxygens (including phenoxy) is 2. The Balaban J connectivity index is 0.00000338. The maximum atomic E-state index is 6.08. The van der Waals surface area contributed by atoms with Crippen molar-refractivity contribution in [3.05, 3.63) is 27.2 Å². The van der Waals surface area contributed by atoms with Crippen LogP contribution in [0.3, 0.4) is 0 Å². The molecule has 0 bridgehead atoms. The number of nitrogens with one attached hydrogen (secondary N) is 2. The lowest BCUT2D eigenvalue weighted by molar-refractivity contribution is 0.0389. The molecule has 1 fully saturated rings. The lowest BCUT2D eigenvalue weighted by Crippen LogP contribution is -2.45. The van der Waals surface area contributed by atoms with Gasteiger partial charge in [0.25, 0.3) is 0 Å². The van der Waals surface area contributed by atoms with E-state index >= 15 is 0 Å². The van der Waals surface area contributed by atoms with Crippen LogP contribution in [0.4, 0.5) is 0 Å². The Morgan fingerprint density at radius 3 is 2.38 bits per heavy atom. The first-order valence-electron chi connectivity index (χ1n) is 8.12. The predicted octanol–water partition coefficient (Wildman–Crippen LogP) is 3.14. The van der Waals surface area contributed by atoms with Gasteiger partial charge in [0.1, 0.15) is 6.61 Å². The van der Waals surface area contributed by atoms with Crippen LogP contribution in [-0.2, 0) is 4.74 Å². The fraction of sp³-hybridized carbons (Fsp3) is 0.562. The van der Waals surface area contributed by atoms with Crippen LogP contribution < -0.4 is 15.4 Å². The maximum absolute atomic E-state index is 6.08. The van der Waals surface area contributed by atoms with E-state index in [0.29, 0.717) is 34.0 Å². The Bertz CT molecular complexity index is 564. The highest BCUT2D eigenvalue weighted by Crippen LogP contribution is 2.35. The molecule has 1 saturated heterocycles. The fourth-order valence-corrected chi connectivity index (χ4v) is 3.29. The molecule has 0 amide bonds. The average Bonchev–Trinajstić information content (AvgIpc) is 2.59. The van der Waals surface area contributed by atoms with Gasteiger partial charge in [0.15, 0.2) is 11.7 Å². The Hall–Kier alpha value is -0.190. The molecule has 1 aromatic rings. The van der Waals surface area contributed by atoms with Gasteiger partial charge in [0.2, 0.25) is 0 Å². The molecule has 10 heteroatoms. The number of benzene rings is 1. The van der Waals surface area contributed by atoms with Crippen molar-refractivity contribution in [2.24, 2.45) is 4.99 Å². The number of halogens is 4. The summed E-state index contributed by atoms with van der Waals surface area (Å²) in [4.78, 5) is 6.55. The number of nitrogens with zero attached hydrogens (tertiary/aromatic N) is 2. The summed E-state index contributed by atoms with van der Waals surface area (Å²) in [6.45, 7) is 6.29. The van der Waals surface area contributed by atoms with Crippen LogP contribution in [0.15, 0.2) is 17.1 Å². The minimum Gasteiger partial charge on any atom is -0.489 e. The number of hydrogen-bond donors (Lipinski definition) is 2. The van der Waals surface area contributed by atoms with Crippen molar-refractivity contribution >= 4 is 64.7 Å². The van der Waals surface area contributed by atoms with Crippen molar-refractivity contribution in [1.82, 2.24) is 15.5 Å². The summed E-state index contributed by atoms with van der Waals surface area (Å²) in [5.41, 5.74) is 0. The quantitative estimate of drug-likeness (QED) is 0.242. The summed E-state index contributed by atoms with van der Waals surface area (Å²) in [7, 11) is 1.73. The van der Waals surface area contributed by atoms with E-state index < -0.39 is 0 Å². The third-order valence-electron chi connectivity index (χ3n) is 3.65. The molecule has 1 aliphatic heterocycles. The number of guanidine groups is 1. The van der Waals surface area contributed by atoms with E-state index in [-0.39, 0.29) is 24.0 Å². The van der Waals surface area contributed by atoms with Gasteiger partial charge in [-0.3, -0.25) is 9.89 Å². The zero-order chi connectivity index (χ0) is 18.1. The van der Waals surface area contributed by atoms with Crippen LogP contribution in [0, 0.1) is 0 Å². The highest BCUT2D eigenvalue weighted by molar-refractivity contribution is 14.0. The predicted molar refractivity (Wildman–Crippen MR) is 119 cm³/mol. The SMILES string of the molecule is CN=C(NCCOc1c(Cl)cc(Cl)cc1Cl)NCCN1CCOCC1.I. The molecule has 0 aliphatic carbocycles. The molecule has 6 nitrogen and oxygen atoms in total. The summed E-state index contributed by atoms with van der Waals surface area (Å²) >= 11 is 18.0. The van der Waals surface area contributed by atoms with Crippen LogP contribution in [0.1, 0.15) is 0 Å². The second-order valence-electron chi connectivity index (χ2n) is 5.43. The number of hydrogen-bond acceptors (Lipinski definition) is 4. The molecular weight excluding hydrogens is 513 g/mol. The van der Waals surface area contributed by atoms with Crippen LogP contribution in [0.25, 0.3) is 0 Å². The second-order valence-corrected chi connectivity index (χ2v) is 6.68. The molecule has 148 valence electrons. The fourth-order valence-electron chi connectivity index (χ4n) is 2.37. The Morgan fingerprint density at radius 2 is 1.77 bits per heavy atom. The highest BCUT2D eigenvalue weighted by atomic mass is 127. The van der Waals surface area contributed by atoms with Gasteiger partial charge in [-0.05, 0) is 12.1 Å². The Labute approximate surface area is 186 Å². The maximum Gasteiger partial charge on any atom is 0.191 e. The largest absolute Gasteiger partial charge is 0.489 e. The van der Waals surface area contributed by atoms with Crippen LogP contribution in [0.2, 0.25) is 15.1 Å². The van der Waals surface area contributed by atoms with E-state index in [1.165, 1.54) is 0 Å². The van der Waals surface area contributed by atoms with Gasteiger partial charge in [-0.25, -0.2) is 0 Å². The molecular formula is C16H24Cl3IN4O2. The monoisotopic (exact) mass is 536 g/mol. The highest BCUT2D eigenvalue weighted by Gasteiger charge is 2.10. The normalized spacial score (nSPS) is 15.3. The second kappa shape index (κ2) is 13.1. The number of rotatable bonds is 7. The van der Waals surface area contributed by atoms with Crippen molar-refractivity contribution in [2.45, 2.75) is 0 Å². The Morgan fingerprint density at radius 1 is 1.15 bits per heavy atom. The van der Waals surface area contributed by atoms with Crippen molar-refractivity contribution < 1.29 is 9.47 Å². The van der Waals surface area contributed by atoms with Crippen molar-refractivity contribution in [3.8, 4) is 5.75 Å². The molecule has 0 saturated carbocycles. The van der Waals surface area contributed by atoms with Crippen LogP contribution in [-0.4, -0.2) is 70.5 Å². The number of aliphatic imine (C=N–C) groups is 1. The molecule has 2 N–H and O–H groups in total. The van der Waals surface area contributed by atoms with Crippen LogP contribution in [0.5, 0.6) is 5.75 Å². The first kappa shape index (κ1) is 23.8. The minimum atomic E-state index is 0. The van der Waals surface area contributed by atoms with Gasteiger partial charge in [0.05, 0.1) is 29.8 Å². The summed E-state index contributed by atoms with van der Waals surface area (Å²) in [5, 5.41) is 7.73. The van der Waals surface area contributed by atoms with E-state index in [0.717, 1.165) is 45.4 Å². The topological polar surface area (TPSA) is 58.1 Å². The van der Waals surface area contributed by atoms with Crippen LogP contribution >= 0.6 is 58.8 Å². The van der Waals surface area contributed by atoms with Crippen molar-refractivity contribution in [2.75, 3.05) is 59.6 Å². The summed E-state index contributed by atoms with van der Waals surface area (Å²) in [6, 6.07) is 3.20. The summed E-state index contributed by atoms with van der Waals surface area (Å²) in [6.07, 6.45) is 0. The molecule has 26 heavy (non-hydrogen) atoms. The number of morpholine rings is 1. The first-order valence-corrected chi connectivity index (χ1v) is 9.25. The summed E-state index contributed by atoms with van der Waals surface area (Å²) < 4.78 is 11.0. The smallest absolute Gasteiger partial charge is 0.191 e. The van der Waals surface area contributed by atoms with E-state index in [4.69, 9.17) is 44.3 Å². The van der Waals surface area contributed by atoms with Crippen molar-refractivity contribution in [1.29, 1.82) is 0 Å². The zero-order valence-corrected chi connectivity index (χ0v) is 19.2. The summed E-state index contributed by atoms with van der Waals surface area (Å²) in [5.74, 6) is 1.16. The third kappa shape index (κ3) is 8.22. The molecule has 1 heterocycles. The van der Waals surface area contributed by atoms with Gasteiger partial charge in [-0.15, -0.1) is 24.0 Å². The molecule has 0 unspecified atom stereocenters. The van der Waals surface area contributed by atoms with Crippen molar-refractivity contribution in [3.63, 3.8) is 0 Å². The standard InChI is InChI=1S/C16H23Cl3N4O2.HI/c1-20-16(21-2-4-23-5-8-24-9-6-23)22-3-7-25-15-13(18)10-12(17)11-14(15)19;/h10-11H,2-9H2,1H3,(H2,20,21,22);1H. The molecule has 0 radical (unpaired) electrons. The van der Waals surface area contributed by atoms with E-state index in [1.807, 2.05) is 0 Å². The molecule has 0 atom stereocenters. The van der Waals surface area contributed by atoms with Gasteiger partial charge in [-0.1, -0.05) is 34.8 Å². The molecule has 1 aliphatic rings. The first-order chi connectivity index (χ1) is 12.1. The lowest BCUT2D eigenvalue weighted by atomic mass is 10.3. The Kier molecular flexibility index (Phi) is 12.0. The van der Waals surface area contributed by atoms with Gasteiger partial charge >= 0.3 is 0 Å². The average molecular weight is 538 g/mol. The molecule has 1 aromatic carbocycles.